The lowest BCUT2D eigenvalue weighted by molar-refractivity contribution is -0.139. The van der Waals surface area contributed by atoms with Gasteiger partial charge in [0, 0.05) is 28.8 Å². The minimum Gasteiger partial charge on any atom is -0.463 e. The average Bonchev–Trinajstić information content (AvgIpc) is 3.32. The fourth-order valence-corrected chi connectivity index (χ4v) is 4.70. The molecule has 1 fully saturated rings. The van der Waals surface area contributed by atoms with Gasteiger partial charge in [0.25, 0.3) is 0 Å². The van der Waals surface area contributed by atoms with Crippen molar-refractivity contribution in [2.24, 2.45) is 10.9 Å². The summed E-state index contributed by atoms with van der Waals surface area (Å²) in [4.78, 5) is 22.0. The number of carbonyl (C=O) groups excluding carboxylic acids is 1. The van der Waals surface area contributed by atoms with Gasteiger partial charge in [-0.05, 0) is 38.9 Å². The highest BCUT2D eigenvalue weighted by molar-refractivity contribution is 7.11. The van der Waals surface area contributed by atoms with Gasteiger partial charge in [-0.3, -0.25) is 4.99 Å². The number of allylic oxidation sites excluding steroid dienone is 1. The molecule has 0 unspecified atom stereocenters. The molecule has 31 heavy (non-hydrogen) atoms. The van der Waals surface area contributed by atoms with Crippen molar-refractivity contribution in [3.63, 3.8) is 0 Å². The Morgan fingerprint density at radius 2 is 2.10 bits per heavy atom. The van der Waals surface area contributed by atoms with Crippen LogP contribution in [0, 0.1) is 17.6 Å². The number of benzene rings is 1. The van der Waals surface area contributed by atoms with Crippen LogP contribution in [0.4, 0.5) is 8.78 Å². The van der Waals surface area contributed by atoms with Crippen LogP contribution >= 0.6 is 22.9 Å². The molecule has 1 aromatic heterocycles. The number of esters is 1. The van der Waals surface area contributed by atoms with Gasteiger partial charge in [0.05, 0.1) is 17.2 Å². The summed E-state index contributed by atoms with van der Waals surface area (Å²) in [6, 6.07) is 1.40. The number of nitrogens with one attached hydrogen (secondary N) is 2. The summed E-state index contributed by atoms with van der Waals surface area (Å²) >= 11 is 7.57. The minimum atomic E-state index is -1.17. The number of ether oxygens (including phenoxy) is 1. The summed E-state index contributed by atoms with van der Waals surface area (Å²) in [5.74, 6) is -2.29. The molecule has 0 aliphatic carbocycles. The van der Waals surface area contributed by atoms with E-state index in [0.717, 1.165) is 32.0 Å². The highest BCUT2D eigenvalue weighted by atomic mass is 35.5. The Morgan fingerprint density at radius 1 is 1.32 bits per heavy atom. The van der Waals surface area contributed by atoms with E-state index in [0.29, 0.717) is 16.5 Å². The number of nitrogens with zero attached hydrogens (tertiary/aromatic N) is 2. The molecule has 1 aromatic carbocycles. The van der Waals surface area contributed by atoms with Gasteiger partial charge in [-0.25, -0.2) is 18.6 Å². The molecule has 0 spiro atoms. The van der Waals surface area contributed by atoms with Gasteiger partial charge in [-0.15, -0.1) is 11.3 Å². The quantitative estimate of drug-likeness (QED) is 0.515. The number of piperidine rings is 1. The monoisotopic (exact) mass is 466 g/mol. The third-order valence-corrected chi connectivity index (χ3v) is 6.48. The number of aliphatic imine (C=N–C) groups is 1. The highest BCUT2D eigenvalue weighted by Crippen LogP contribution is 2.40. The maximum atomic E-state index is 14.3. The van der Waals surface area contributed by atoms with Gasteiger partial charge in [0.1, 0.15) is 6.04 Å². The Morgan fingerprint density at radius 3 is 2.77 bits per heavy atom. The predicted octanol–water partition coefficient (Wildman–Crippen LogP) is 3.98. The van der Waals surface area contributed by atoms with Crippen molar-refractivity contribution < 1.29 is 18.3 Å². The van der Waals surface area contributed by atoms with Gasteiger partial charge in [0.15, 0.2) is 22.5 Å². The maximum absolute atomic E-state index is 14.3. The normalized spacial score (nSPS) is 19.7. The third-order valence-electron chi connectivity index (χ3n) is 5.31. The second-order valence-corrected chi connectivity index (χ2v) is 8.45. The van der Waals surface area contributed by atoms with E-state index in [2.05, 4.69) is 20.6 Å². The number of aromatic nitrogens is 1. The second-order valence-electron chi connectivity index (χ2n) is 7.18. The standard InChI is InChI=1S/C21H21ClF2N4O2S/c1-2-30-21(29)14-17(11-5-7-25-8-6-11)27-19(20-26-9-10-31-20)28-18(14)12-3-4-13(23)16(24)15(12)22/h3-4,9-11,18,25H,2,5-8H2,1H3,(H,27,28)/t18-/m1/s1. The fraction of sp³-hybridized carbons (Fsp3) is 0.381. The molecule has 0 amide bonds. The van der Waals surface area contributed by atoms with Crippen LogP contribution in [-0.2, 0) is 9.53 Å². The maximum Gasteiger partial charge on any atom is 0.338 e. The SMILES string of the molecule is CCOC(=O)C1=C(C2CCNCC2)NC(c2nccs2)=N[C@@H]1c1ccc(F)c(F)c1Cl. The van der Waals surface area contributed by atoms with Crippen LogP contribution in [0.15, 0.2) is 40.0 Å². The van der Waals surface area contributed by atoms with E-state index in [1.807, 2.05) is 5.38 Å². The Labute approximate surface area is 187 Å². The molecular formula is C21H21ClF2N4O2S. The summed E-state index contributed by atoms with van der Waals surface area (Å²) in [6.45, 7) is 3.48. The smallest absolute Gasteiger partial charge is 0.338 e. The number of carbonyl (C=O) groups is 1. The number of amidine groups is 1. The molecule has 10 heteroatoms. The van der Waals surface area contributed by atoms with Crippen molar-refractivity contribution in [1.29, 1.82) is 0 Å². The Hall–Kier alpha value is -2.36. The van der Waals surface area contributed by atoms with Crippen molar-refractivity contribution in [3.8, 4) is 0 Å². The molecule has 1 saturated heterocycles. The van der Waals surface area contributed by atoms with Gasteiger partial charge < -0.3 is 15.4 Å². The number of hydrogen-bond donors (Lipinski definition) is 2. The molecule has 4 rings (SSSR count). The van der Waals surface area contributed by atoms with Crippen LogP contribution in [0.2, 0.25) is 5.02 Å². The van der Waals surface area contributed by atoms with E-state index < -0.39 is 28.7 Å². The van der Waals surface area contributed by atoms with Crippen LogP contribution in [0.3, 0.4) is 0 Å². The first kappa shape index (κ1) is 21.9. The topological polar surface area (TPSA) is 75.6 Å². The number of hydrogen-bond acceptors (Lipinski definition) is 7. The van der Waals surface area contributed by atoms with Crippen molar-refractivity contribution >= 4 is 34.7 Å². The summed E-state index contributed by atoms with van der Waals surface area (Å²) < 4.78 is 33.4. The summed E-state index contributed by atoms with van der Waals surface area (Å²) in [5.41, 5.74) is 1.14. The second kappa shape index (κ2) is 9.42. The summed E-state index contributed by atoms with van der Waals surface area (Å²) in [7, 11) is 0. The fourth-order valence-electron chi connectivity index (χ4n) is 3.86. The molecule has 2 N–H and O–H groups in total. The lowest BCUT2D eigenvalue weighted by Gasteiger charge is -2.33. The Balaban J connectivity index is 1.90. The van der Waals surface area contributed by atoms with Crippen LogP contribution in [-0.4, -0.2) is 36.5 Å². The largest absolute Gasteiger partial charge is 0.463 e. The van der Waals surface area contributed by atoms with E-state index in [9.17, 15) is 13.6 Å². The van der Waals surface area contributed by atoms with E-state index in [1.165, 1.54) is 17.4 Å². The molecule has 6 nitrogen and oxygen atoms in total. The van der Waals surface area contributed by atoms with Crippen molar-refractivity contribution in [1.82, 2.24) is 15.6 Å². The van der Waals surface area contributed by atoms with Gasteiger partial charge in [-0.2, -0.15) is 0 Å². The Bertz CT molecular complexity index is 1040. The van der Waals surface area contributed by atoms with Crippen molar-refractivity contribution in [2.75, 3.05) is 19.7 Å². The van der Waals surface area contributed by atoms with Crippen molar-refractivity contribution in [2.45, 2.75) is 25.8 Å². The number of halogens is 3. The lowest BCUT2D eigenvalue weighted by atomic mass is 9.86. The first-order valence-corrected chi connectivity index (χ1v) is 11.3. The summed E-state index contributed by atoms with van der Waals surface area (Å²) in [6.07, 6.45) is 3.25. The molecule has 0 radical (unpaired) electrons. The molecule has 0 saturated carbocycles. The molecule has 164 valence electrons. The van der Waals surface area contributed by atoms with E-state index in [4.69, 9.17) is 16.3 Å². The number of rotatable bonds is 5. The van der Waals surface area contributed by atoms with Crippen LogP contribution in [0.5, 0.6) is 0 Å². The van der Waals surface area contributed by atoms with E-state index in [1.54, 1.807) is 13.1 Å². The zero-order chi connectivity index (χ0) is 22.0. The first-order valence-electron chi connectivity index (χ1n) is 10.0. The first-order chi connectivity index (χ1) is 15.0. The van der Waals surface area contributed by atoms with E-state index >= 15 is 0 Å². The van der Waals surface area contributed by atoms with Crippen LogP contribution in [0.25, 0.3) is 0 Å². The molecule has 3 heterocycles. The highest BCUT2D eigenvalue weighted by Gasteiger charge is 2.37. The third kappa shape index (κ3) is 4.35. The number of thiazole rings is 1. The van der Waals surface area contributed by atoms with Gasteiger partial charge in [0.2, 0.25) is 0 Å². The molecule has 2 aromatic rings. The van der Waals surface area contributed by atoms with E-state index in [-0.39, 0.29) is 23.7 Å². The van der Waals surface area contributed by atoms with Crippen molar-refractivity contribution in [3.05, 3.63) is 62.2 Å². The summed E-state index contributed by atoms with van der Waals surface area (Å²) in [5, 5.41) is 8.64. The van der Waals surface area contributed by atoms with Crippen LogP contribution < -0.4 is 10.6 Å². The lowest BCUT2D eigenvalue weighted by Crippen LogP contribution is -2.40. The minimum absolute atomic E-state index is 0.0395. The van der Waals surface area contributed by atoms with Gasteiger partial charge in [-0.1, -0.05) is 17.7 Å². The molecule has 1 atom stereocenters. The average molecular weight is 467 g/mol. The molecule has 2 aliphatic rings. The van der Waals surface area contributed by atoms with Gasteiger partial charge >= 0.3 is 5.97 Å². The zero-order valence-electron chi connectivity index (χ0n) is 16.8. The molecule has 0 bridgehead atoms. The Kier molecular flexibility index (Phi) is 6.64. The zero-order valence-corrected chi connectivity index (χ0v) is 18.3. The molecular weight excluding hydrogens is 446 g/mol. The predicted molar refractivity (Wildman–Crippen MR) is 115 cm³/mol. The van der Waals surface area contributed by atoms with Crippen LogP contribution in [0.1, 0.15) is 36.4 Å². The molecule has 2 aliphatic heterocycles.